The molecule has 1 aliphatic rings. The van der Waals surface area contributed by atoms with Crippen molar-refractivity contribution in [2.75, 3.05) is 5.32 Å². The van der Waals surface area contributed by atoms with Gasteiger partial charge in [-0.2, -0.15) is 0 Å². The van der Waals surface area contributed by atoms with Crippen LogP contribution in [0.15, 0.2) is 18.2 Å². The Hall–Kier alpha value is -2.36. The van der Waals surface area contributed by atoms with E-state index in [0.717, 1.165) is 34.0 Å². The molecule has 0 saturated heterocycles. The topological polar surface area (TPSA) is 57.8 Å². The summed E-state index contributed by atoms with van der Waals surface area (Å²) in [6, 6.07) is 5.85. The van der Waals surface area contributed by atoms with Crippen LogP contribution in [0.3, 0.4) is 0 Å². The lowest BCUT2D eigenvalue weighted by molar-refractivity contribution is -0.110. The largest absolute Gasteiger partial charge is 0.359 e. The van der Waals surface area contributed by atoms with Crippen molar-refractivity contribution in [2.24, 2.45) is 0 Å². The number of H-pyrrole nitrogens is 1. The summed E-state index contributed by atoms with van der Waals surface area (Å²) >= 11 is 0. The Morgan fingerprint density at radius 2 is 2.00 bits per heavy atom. The van der Waals surface area contributed by atoms with Gasteiger partial charge in [-0.25, -0.2) is 0 Å². The van der Waals surface area contributed by atoms with Crippen LogP contribution in [0.25, 0.3) is 11.6 Å². The second-order valence-electron chi connectivity index (χ2n) is 4.91. The summed E-state index contributed by atoms with van der Waals surface area (Å²) in [6.07, 6.45) is 1.87. The number of aryl methyl sites for hydroxylation is 3. The van der Waals surface area contributed by atoms with Crippen molar-refractivity contribution in [2.45, 2.75) is 20.8 Å². The van der Waals surface area contributed by atoms with Crippen molar-refractivity contribution in [1.29, 1.82) is 0 Å². The van der Waals surface area contributed by atoms with Gasteiger partial charge >= 0.3 is 0 Å². The van der Waals surface area contributed by atoms with Gasteiger partial charge in [-0.3, -0.25) is 9.78 Å². The van der Waals surface area contributed by atoms with Crippen molar-refractivity contribution < 1.29 is 4.79 Å². The number of hydrogen-bond acceptors (Lipinski definition) is 2. The van der Waals surface area contributed by atoms with Gasteiger partial charge in [0, 0.05) is 17.1 Å². The average Bonchev–Trinajstić information content (AvgIpc) is 2.81. The van der Waals surface area contributed by atoms with E-state index < -0.39 is 0 Å². The predicted molar refractivity (Wildman–Crippen MR) is 75.7 cm³/mol. The molecule has 2 aromatic heterocycles. The number of carbonyl (C=O) groups is 1. The maximum atomic E-state index is 12.0. The van der Waals surface area contributed by atoms with Crippen molar-refractivity contribution in [1.82, 2.24) is 9.97 Å². The van der Waals surface area contributed by atoms with Crippen LogP contribution < -0.4 is 5.32 Å². The highest BCUT2D eigenvalue weighted by atomic mass is 16.2. The van der Waals surface area contributed by atoms with Crippen LogP contribution >= 0.6 is 0 Å². The summed E-state index contributed by atoms with van der Waals surface area (Å²) in [6.45, 7) is 5.94. The Morgan fingerprint density at radius 1 is 1.21 bits per heavy atom. The maximum Gasteiger partial charge on any atom is 0.258 e. The van der Waals surface area contributed by atoms with Crippen LogP contribution in [0.2, 0.25) is 0 Å². The highest BCUT2D eigenvalue weighted by Gasteiger charge is 2.25. The number of fused-ring (bicyclic) bond motifs is 1. The molecule has 0 saturated carbocycles. The minimum absolute atomic E-state index is 0.0975. The van der Waals surface area contributed by atoms with E-state index in [1.54, 1.807) is 0 Å². The third-order valence-electron chi connectivity index (χ3n) is 3.26. The van der Waals surface area contributed by atoms with Crippen LogP contribution in [-0.4, -0.2) is 15.9 Å². The lowest BCUT2D eigenvalue weighted by atomic mass is 10.1. The molecule has 4 heteroatoms. The number of anilines is 1. The molecule has 0 unspecified atom stereocenters. The van der Waals surface area contributed by atoms with Crippen LogP contribution in [-0.2, 0) is 4.79 Å². The zero-order valence-electron chi connectivity index (χ0n) is 11.2. The van der Waals surface area contributed by atoms with Crippen molar-refractivity contribution in [3.8, 4) is 0 Å². The monoisotopic (exact) mass is 253 g/mol. The molecule has 0 atom stereocenters. The smallest absolute Gasteiger partial charge is 0.258 e. The van der Waals surface area contributed by atoms with Crippen LogP contribution in [0.1, 0.15) is 28.3 Å². The van der Waals surface area contributed by atoms with E-state index in [1.807, 2.05) is 39.0 Å². The summed E-state index contributed by atoms with van der Waals surface area (Å²) in [7, 11) is 0. The van der Waals surface area contributed by atoms with E-state index in [0.29, 0.717) is 5.57 Å². The first-order valence-corrected chi connectivity index (χ1v) is 6.22. The minimum Gasteiger partial charge on any atom is -0.359 e. The molecular weight excluding hydrogens is 238 g/mol. The van der Waals surface area contributed by atoms with Gasteiger partial charge in [-0.15, -0.1) is 0 Å². The van der Waals surface area contributed by atoms with Crippen molar-refractivity contribution >= 4 is 23.2 Å². The highest BCUT2D eigenvalue weighted by molar-refractivity contribution is 6.34. The van der Waals surface area contributed by atoms with E-state index in [9.17, 15) is 4.79 Å². The molecule has 0 fully saturated rings. The molecule has 0 radical (unpaired) electrons. The van der Waals surface area contributed by atoms with Crippen LogP contribution in [0.4, 0.5) is 5.69 Å². The number of nitrogens with zero attached hydrogens (tertiary/aromatic N) is 1. The number of rotatable bonds is 1. The summed E-state index contributed by atoms with van der Waals surface area (Å²) in [5.41, 5.74) is 6.20. The second-order valence-corrected chi connectivity index (χ2v) is 4.91. The molecule has 1 amide bonds. The van der Waals surface area contributed by atoms with E-state index >= 15 is 0 Å². The Morgan fingerprint density at radius 3 is 2.68 bits per heavy atom. The quantitative estimate of drug-likeness (QED) is 0.768. The number of carbonyl (C=O) groups excluding carboxylic acids is 1. The van der Waals surface area contributed by atoms with E-state index in [-0.39, 0.29) is 5.91 Å². The van der Waals surface area contributed by atoms with Crippen molar-refractivity contribution in [3.05, 3.63) is 46.5 Å². The number of aromatic amines is 1. The fourth-order valence-corrected chi connectivity index (χ4v) is 2.34. The fourth-order valence-electron chi connectivity index (χ4n) is 2.34. The van der Waals surface area contributed by atoms with Gasteiger partial charge in [0.1, 0.15) is 0 Å². The number of amides is 1. The lowest BCUT2D eigenvalue weighted by Gasteiger charge is -1.99. The Kier molecular flexibility index (Phi) is 2.52. The number of nitrogens with one attached hydrogen (secondary N) is 2. The molecule has 0 spiro atoms. The number of pyridine rings is 1. The van der Waals surface area contributed by atoms with Gasteiger partial charge in [0.2, 0.25) is 0 Å². The lowest BCUT2D eigenvalue weighted by Crippen LogP contribution is -2.03. The number of aromatic nitrogens is 2. The van der Waals surface area contributed by atoms with Gasteiger partial charge in [-0.1, -0.05) is 0 Å². The Bertz CT molecular complexity index is 710. The molecule has 0 bridgehead atoms. The molecule has 2 aromatic rings. The van der Waals surface area contributed by atoms with Gasteiger partial charge in [-0.05, 0) is 50.6 Å². The summed E-state index contributed by atoms with van der Waals surface area (Å²) < 4.78 is 0. The molecular formula is C15H15N3O. The fraction of sp³-hybridized carbons (Fsp3) is 0.200. The van der Waals surface area contributed by atoms with Gasteiger partial charge < -0.3 is 10.3 Å². The third kappa shape index (κ3) is 1.95. The third-order valence-corrected chi connectivity index (χ3v) is 3.26. The first-order chi connectivity index (χ1) is 9.04. The molecule has 3 rings (SSSR count). The maximum absolute atomic E-state index is 12.0. The summed E-state index contributed by atoms with van der Waals surface area (Å²) in [5.74, 6) is -0.0975. The van der Waals surface area contributed by atoms with Gasteiger partial charge in [0.25, 0.3) is 5.91 Å². The first-order valence-electron chi connectivity index (χ1n) is 6.22. The van der Waals surface area contributed by atoms with Gasteiger partial charge in [0.15, 0.2) is 0 Å². The second kappa shape index (κ2) is 4.09. The zero-order chi connectivity index (χ0) is 13.6. The van der Waals surface area contributed by atoms with Gasteiger partial charge in [0.05, 0.1) is 17.0 Å². The van der Waals surface area contributed by atoms with E-state index in [2.05, 4.69) is 21.4 Å². The average molecular weight is 253 g/mol. The van der Waals surface area contributed by atoms with Crippen molar-refractivity contribution in [3.63, 3.8) is 0 Å². The van der Waals surface area contributed by atoms with E-state index in [4.69, 9.17) is 0 Å². The Labute approximate surface area is 111 Å². The molecule has 0 aliphatic carbocycles. The SMILES string of the molecule is Cc1ccc2c(n1)C(=Cc1[nH]c(C)cc1C)C(=O)N2. The molecule has 2 N–H and O–H groups in total. The molecule has 1 aliphatic heterocycles. The van der Waals surface area contributed by atoms with Crippen LogP contribution in [0.5, 0.6) is 0 Å². The molecule has 4 nitrogen and oxygen atoms in total. The summed E-state index contributed by atoms with van der Waals surface area (Å²) in [4.78, 5) is 19.7. The normalized spacial score (nSPS) is 15.7. The zero-order valence-corrected chi connectivity index (χ0v) is 11.2. The predicted octanol–water partition coefficient (Wildman–Crippen LogP) is 2.83. The Balaban J connectivity index is 2.14. The standard InChI is InChI=1S/C15H15N3O/c1-8-6-10(3)16-13(8)7-11-14-12(18-15(11)19)5-4-9(2)17-14/h4-7,16H,1-3H3,(H,18,19). The molecule has 0 aromatic carbocycles. The number of hydrogen-bond donors (Lipinski definition) is 2. The molecule has 3 heterocycles. The summed E-state index contributed by atoms with van der Waals surface area (Å²) in [5, 5.41) is 2.84. The van der Waals surface area contributed by atoms with Crippen LogP contribution in [0, 0.1) is 20.8 Å². The minimum atomic E-state index is -0.0975. The molecule has 96 valence electrons. The first kappa shape index (κ1) is 11.7. The molecule has 19 heavy (non-hydrogen) atoms. The highest BCUT2D eigenvalue weighted by Crippen LogP contribution is 2.31. The van der Waals surface area contributed by atoms with E-state index in [1.165, 1.54) is 0 Å².